The fourth-order valence-electron chi connectivity index (χ4n) is 3.20. The highest BCUT2D eigenvalue weighted by Gasteiger charge is 2.17. The van der Waals surface area contributed by atoms with Crippen molar-refractivity contribution in [3.63, 3.8) is 0 Å². The molecule has 8 nitrogen and oxygen atoms in total. The summed E-state index contributed by atoms with van der Waals surface area (Å²) in [6.07, 6.45) is 4.86. The maximum atomic E-state index is 12.3. The first kappa shape index (κ1) is 18.9. The summed E-state index contributed by atoms with van der Waals surface area (Å²) in [5.74, 6) is 1.43. The Morgan fingerprint density at radius 2 is 1.81 bits per heavy atom. The van der Waals surface area contributed by atoms with E-state index in [4.69, 9.17) is 9.47 Å². The number of aryl methyl sites for hydroxylation is 1. The Labute approximate surface area is 157 Å². The Bertz CT molecular complexity index is 837. The molecule has 27 heavy (non-hydrogen) atoms. The number of ether oxygens (including phenoxy) is 2. The number of hydrogen-bond donors (Lipinski definition) is 2. The molecule has 0 unspecified atom stereocenters. The second-order valence-corrected chi connectivity index (χ2v) is 6.60. The van der Waals surface area contributed by atoms with Gasteiger partial charge >= 0.3 is 0 Å². The van der Waals surface area contributed by atoms with E-state index in [1.54, 1.807) is 32.4 Å². The number of rotatable bonds is 7. The summed E-state index contributed by atoms with van der Waals surface area (Å²) >= 11 is 0. The van der Waals surface area contributed by atoms with E-state index in [0.29, 0.717) is 22.9 Å². The highest BCUT2D eigenvalue weighted by molar-refractivity contribution is 5.76. The van der Waals surface area contributed by atoms with Crippen molar-refractivity contribution in [2.24, 2.45) is 0 Å². The molecule has 1 amide bonds. The van der Waals surface area contributed by atoms with E-state index >= 15 is 0 Å². The maximum Gasteiger partial charge on any atom is 0.273 e. The van der Waals surface area contributed by atoms with E-state index in [0.717, 1.165) is 25.7 Å². The van der Waals surface area contributed by atoms with E-state index in [1.165, 1.54) is 0 Å². The minimum atomic E-state index is -0.351. The molecule has 1 aromatic heterocycles. The number of carbonyl (C=O) groups excluding carboxylic acids is 1. The molecular weight excluding hydrogens is 348 g/mol. The van der Waals surface area contributed by atoms with E-state index < -0.39 is 0 Å². The van der Waals surface area contributed by atoms with Gasteiger partial charge in [-0.3, -0.25) is 9.59 Å². The monoisotopic (exact) mass is 372 g/mol. The Morgan fingerprint density at radius 1 is 1.15 bits per heavy atom. The molecule has 1 heterocycles. The lowest BCUT2D eigenvalue weighted by atomic mass is 10.2. The number of nitrogens with zero attached hydrogens (tertiary/aromatic N) is 2. The predicted molar refractivity (Wildman–Crippen MR) is 99.9 cm³/mol. The van der Waals surface area contributed by atoms with E-state index in [1.807, 2.05) is 0 Å². The number of hydrogen-bond acceptors (Lipinski definition) is 6. The molecule has 1 fully saturated rings. The van der Waals surface area contributed by atoms with Crippen molar-refractivity contribution in [1.82, 2.24) is 20.5 Å². The Morgan fingerprint density at radius 3 is 2.41 bits per heavy atom. The summed E-state index contributed by atoms with van der Waals surface area (Å²) in [4.78, 5) is 27.1. The lowest BCUT2D eigenvalue weighted by Gasteiger charge is -2.11. The van der Waals surface area contributed by atoms with Gasteiger partial charge in [-0.1, -0.05) is 12.8 Å². The van der Waals surface area contributed by atoms with Crippen LogP contribution in [0, 0.1) is 0 Å². The number of carbonyl (C=O) groups is 1. The van der Waals surface area contributed by atoms with Gasteiger partial charge in [0.2, 0.25) is 5.91 Å². The lowest BCUT2D eigenvalue weighted by Crippen LogP contribution is -2.33. The number of H-pyrrole nitrogens is 1. The Balaban J connectivity index is 1.68. The fraction of sp³-hybridized carbons (Fsp3) is 0.474. The lowest BCUT2D eigenvalue weighted by molar-refractivity contribution is -0.121. The van der Waals surface area contributed by atoms with Gasteiger partial charge in [0.05, 0.1) is 14.2 Å². The molecule has 0 saturated heterocycles. The third-order valence-electron chi connectivity index (χ3n) is 4.70. The van der Waals surface area contributed by atoms with Gasteiger partial charge in [0.1, 0.15) is 17.2 Å². The Kier molecular flexibility index (Phi) is 6.05. The zero-order chi connectivity index (χ0) is 19.2. The van der Waals surface area contributed by atoms with Crippen LogP contribution < -0.4 is 20.3 Å². The first-order valence-corrected chi connectivity index (χ1v) is 9.07. The molecule has 2 N–H and O–H groups in total. The highest BCUT2D eigenvalue weighted by atomic mass is 16.5. The topological polar surface area (TPSA) is 106 Å². The average Bonchev–Trinajstić information content (AvgIpc) is 3.19. The third kappa shape index (κ3) is 4.84. The van der Waals surface area contributed by atoms with E-state index in [9.17, 15) is 9.59 Å². The summed E-state index contributed by atoms with van der Waals surface area (Å²) < 4.78 is 10.5. The van der Waals surface area contributed by atoms with Crippen LogP contribution in [0.1, 0.15) is 37.8 Å². The van der Waals surface area contributed by atoms with Crippen molar-refractivity contribution in [2.75, 3.05) is 14.2 Å². The van der Waals surface area contributed by atoms with Crippen LogP contribution in [0.2, 0.25) is 0 Å². The van der Waals surface area contributed by atoms with Gasteiger partial charge in [-0.2, -0.15) is 0 Å². The van der Waals surface area contributed by atoms with Crippen LogP contribution in [-0.4, -0.2) is 41.3 Å². The van der Waals surface area contributed by atoms with E-state index in [2.05, 4.69) is 20.5 Å². The molecule has 2 aromatic rings. The third-order valence-corrected chi connectivity index (χ3v) is 4.70. The highest BCUT2D eigenvalue weighted by Crippen LogP contribution is 2.27. The van der Waals surface area contributed by atoms with Gasteiger partial charge in [0, 0.05) is 30.5 Å². The van der Waals surface area contributed by atoms with Crippen molar-refractivity contribution >= 4 is 5.91 Å². The molecule has 144 valence electrons. The number of nitrogens with one attached hydrogen (secondary N) is 2. The molecule has 0 aliphatic heterocycles. The van der Waals surface area contributed by atoms with E-state index in [-0.39, 0.29) is 36.0 Å². The average molecular weight is 372 g/mol. The minimum absolute atomic E-state index is 0.0512. The van der Waals surface area contributed by atoms with Gasteiger partial charge in [-0.25, -0.2) is 0 Å². The number of benzene rings is 1. The number of aromatic amines is 1. The van der Waals surface area contributed by atoms with Gasteiger partial charge in [-0.05, 0) is 25.0 Å². The summed E-state index contributed by atoms with van der Waals surface area (Å²) in [7, 11) is 3.10. The number of methoxy groups -OCH3 is 2. The molecule has 3 rings (SSSR count). The largest absolute Gasteiger partial charge is 0.497 e. The normalized spacial score (nSPS) is 14.1. The molecular formula is C19H24N4O4. The van der Waals surface area contributed by atoms with Crippen LogP contribution in [0.4, 0.5) is 0 Å². The molecule has 0 bridgehead atoms. The van der Waals surface area contributed by atoms with Crippen molar-refractivity contribution in [2.45, 2.75) is 44.6 Å². The molecule has 1 aromatic carbocycles. The summed E-state index contributed by atoms with van der Waals surface area (Å²) in [6.45, 7) is 0. The van der Waals surface area contributed by atoms with Gasteiger partial charge in [0.25, 0.3) is 5.56 Å². The van der Waals surface area contributed by atoms with Crippen molar-refractivity contribution in [1.29, 1.82) is 0 Å². The molecule has 8 heteroatoms. The van der Waals surface area contributed by atoms with Crippen molar-refractivity contribution in [3.8, 4) is 22.9 Å². The van der Waals surface area contributed by atoms with Crippen LogP contribution in [-0.2, 0) is 11.2 Å². The first-order valence-electron chi connectivity index (χ1n) is 9.07. The SMILES string of the molecule is COc1cc(OC)cc(-c2nnc(CCC(=O)NC3CCCC3)c(=O)[nH]2)c1. The van der Waals surface area contributed by atoms with Crippen LogP contribution >= 0.6 is 0 Å². The minimum Gasteiger partial charge on any atom is -0.497 e. The van der Waals surface area contributed by atoms with Crippen molar-refractivity contribution in [3.05, 3.63) is 34.2 Å². The van der Waals surface area contributed by atoms with Crippen LogP contribution in [0.15, 0.2) is 23.0 Å². The second-order valence-electron chi connectivity index (χ2n) is 6.60. The van der Waals surface area contributed by atoms with Crippen molar-refractivity contribution < 1.29 is 14.3 Å². The number of aromatic nitrogens is 3. The van der Waals surface area contributed by atoms with Crippen LogP contribution in [0.25, 0.3) is 11.4 Å². The quantitative estimate of drug-likeness (QED) is 0.768. The maximum absolute atomic E-state index is 12.3. The summed E-state index contributed by atoms with van der Waals surface area (Å²) in [5, 5.41) is 11.1. The van der Waals surface area contributed by atoms with Gasteiger partial charge in [0.15, 0.2) is 5.82 Å². The number of amides is 1. The molecule has 0 radical (unpaired) electrons. The molecule has 0 spiro atoms. The summed E-state index contributed by atoms with van der Waals surface area (Å²) in [5.41, 5.74) is 0.520. The van der Waals surface area contributed by atoms with Gasteiger partial charge in [-0.15, -0.1) is 10.2 Å². The fourth-order valence-corrected chi connectivity index (χ4v) is 3.20. The Hall–Kier alpha value is -2.90. The zero-order valence-corrected chi connectivity index (χ0v) is 15.6. The zero-order valence-electron chi connectivity index (χ0n) is 15.6. The summed E-state index contributed by atoms with van der Waals surface area (Å²) in [6, 6.07) is 5.47. The molecule has 1 saturated carbocycles. The van der Waals surface area contributed by atoms with Crippen LogP contribution in [0.3, 0.4) is 0 Å². The smallest absolute Gasteiger partial charge is 0.273 e. The standard InChI is InChI=1S/C19H24N4O4/c1-26-14-9-12(10-15(11-14)27-2)18-21-19(25)16(22-23-18)7-8-17(24)20-13-5-3-4-6-13/h9-11,13H,3-8H2,1-2H3,(H,20,24)(H,21,23,25). The predicted octanol–water partition coefficient (Wildman–Crippen LogP) is 1.84. The van der Waals surface area contributed by atoms with Gasteiger partial charge < -0.3 is 19.8 Å². The first-order chi connectivity index (χ1) is 13.1. The molecule has 1 aliphatic carbocycles. The molecule has 1 aliphatic rings. The van der Waals surface area contributed by atoms with Crippen LogP contribution in [0.5, 0.6) is 11.5 Å². The second kappa shape index (κ2) is 8.66. The molecule has 0 atom stereocenters.